The summed E-state index contributed by atoms with van der Waals surface area (Å²) in [4.78, 5) is 27.3. The van der Waals surface area contributed by atoms with Crippen LogP contribution in [0.5, 0.6) is 0 Å². The van der Waals surface area contributed by atoms with Gasteiger partial charge in [-0.3, -0.25) is 4.79 Å². The highest BCUT2D eigenvalue weighted by Gasteiger charge is 2.24. The van der Waals surface area contributed by atoms with Gasteiger partial charge in [0.05, 0.1) is 5.69 Å². The van der Waals surface area contributed by atoms with Gasteiger partial charge in [-0.25, -0.2) is 9.18 Å². The lowest BCUT2D eigenvalue weighted by molar-refractivity contribution is -0.130. The molecule has 0 aromatic heterocycles. The number of hydrogen-bond acceptors (Lipinski definition) is 5. The number of nitrogens with zero attached hydrogens (tertiary/aromatic N) is 2. The average Bonchev–Trinajstić information content (AvgIpc) is 2.51. The summed E-state index contributed by atoms with van der Waals surface area (Å²) in [6.07, 6.45) is -0.622. The molecule has 3 N–H and O–H groups in total. The minimum atomic E-state index is -0.622. The summed E-state index contributed by atoms with van der Waals surface area (Å²) in [5.41, 5.74) is 5.81. The van der Waals surface area contributed by atoms with Crippen LogP contribution in [0.25, 0.3) is 0 Å². The maximum absolute atomic E-state index is 14.0. The highest BCUT2D eigenvalue weighted by atomic mass is 19.1. The molecular weight excluding hydrogens is 327 g/mol. The largest absolute Gasteiger partial charge is 0.444 e. The van der Waals surface area contributed by atoms with Crippen LogP contribution in [0.2, 0.25) is 0 Å². The number of halogens is 1. The predicted octanol–water partition coefficient (Wildman–Crippen LogP) is 1.58. The van der Waals surface area contributed by atoms with Crippen LogP contribution in [0, 0.1) is 5.82 Å². The minimum absolute atomic E-state index is 0.120. The second-order valence-electron chi connectivity index (χ2n) is 6.93. The molecule has 0 atom stereocenters. The fourth-order valence-corrected chi connectivity index (χ4v) is 2.55. The van der Waals surface area contributed by atoms with Crippen molar-refractivity contribution in [2.45, 2.75) is 26.4 Å². The third-order valence-electron chi connectivity index (χ3n) is 3.73. The zero-order chi connectivity index (χ0) is 18.6. The highest BCUT2D eigenvalue weighted by molar-refractivity contribution is 5.82. The van der Waals surface area contributed by atoms with Crippen molar-refractivity contribution in [3.8, 4) is 0 Å². The van der Waals surface area contributed by atoms with E-state index < -0.39 is 11.7 Å². The Balaban J connectivity index is 1.81. The molecule has 138 valence electrons. The van der Waals surface area contributed by atoms with Crippen LogP contribution in [0.1, 0.15) is 20.8 Å². The van der Waals surface area contributed by atoms with Crippen LogP contribution in [0.15, 0.2) is 18.2 Å². The Morgan fingerprint density at radius 3 is 2.44 bits per heavy atom. The van der Waals surface area contributed by atoms with Crippen molar-refractivity contribution in [3.05, 3.63) is 24.0 Å². The van der Waals surface area contributed by atoms with Crippen molar-refractivity contribution in [1.82, 2.24) is 10.2 Å². The molecule has 0 unspecified atom stereocenters. The maximum Gasteiger partial charge on any atom is 0.408 e. The molecule has 2 rings (SSSR count). The van der Waals surface area contributed by atoms with Crippen LogP contribution >= 0.6 is 0 Å². The smallest absolute Gasteiger partial charge is 0.408 e. The van der Waals surface area contributed by atoms with Gasteiger partial charge >= 0.3 is 6.09 Å². The summed E-state index contributed by atoms with van der Waals surface area (Å²) in [6.45, 7) is 7.08. The Labute approximate surface area is 146 Å². The fourth-order valence-electron chi connectivity index (χ4n) is 2.55. The van der Waals surface area contributed by atoms with Gasteiger partial charge in [0.2, 0.25) is 5.91 Å². The summed E-state index contributed by atoms with van der Waals surface area (Å²) in [7, 11) is 0. The second-order valence-corrected chi connectivity index (χ2v) is 6.93. The van der Waals surface area contributed by atoms with Gasteiger partial charge in [0, 0.05) is 31.9 Å². The zero-order valence-electron chi connectivity index (χ0n) is 14.8. The molecule has 1 saturated heterocycles. The Hall–Kier alpha value is -2.51. The van der Waals surface area contributed by atoms with Crippen molar-refractivity contribution in [3.63, 3.8) is 0 Å². The molecule has 0 saturated carbocycles. The van der Waals surface area contributed by atoms with E-state index in [1.165, 1.54) is 6.07 Å². The first kappa shape index (κ1) is 18.8. The lowest BCUT2D eigenvalue weighted by Crippen LogP contribution is -2.51. The number of benzene rings is 1. The standard InChI is InChI=1S/C17H25FN4O3/c1-17(2,3)25-16(24)20-11-15(23)22-8-6-21(7-9-22)14-5-4-12(19)10-13(14)18/h4-5,10H,6-9,11,19H2,1-3H3,(H,20,24). The maximum atomic E-state index is 14.0. The van der Waals surface area contributed by atoms with Crippen molar-refractivity contribution in [2.75, 3.05) is 43.4 Å². The molecule has 1 aromatic carbocycles. The summed E-state index contributed by atoms with van der Waals surface area (Å²) in [5, 5.41) is 2.45. The number of ether oxygens (including phenoxy) is 1. The van der Waals surface area contributed by atoms with Gasteiger partial charge < -0.3 is 25.6 Å². The summed E-state index contributed by atoms with van der Waals surface area (Å²) in [6, 6.07) is 4.59. The highest BCUT2D eigenvalue weighted by Crippen LogP contribution is 2.22. The van der Waals surface area contributed by atoms with E-state index in [2.05, 4.69) is 5.32 Å². The van der Waals surface area contributed by atoms with E-state index in [9.17, 15) is 14.0 Å². The summed E-state index contributed by atoms with van der Waals surface area (Å²) >= 11 is 0. The first-order valence-corrected chi connectivity index (χ1v) is 8.20. The van der Waals surface area contributed by atoms with Crippen molar-refractivity contribution < 1.29 is 18.7 Å². The number of alkyl carbamates (subject to hydrolysis) is 1. The quantitative estimate of drug-likeness (QED) is 0.807. The number of carbonyl (C=O) groups is 2. The molecule has 25 heavy (non-hydrogen) atoms. The Morgan fingerprint density at radius 1 is 1.24 bits per heavy atom. The Bertz CT molecular complexity index is 637. The first-order valence-electron chi connectivity index (χ1n) is 8.20. The first-order chi connectivity index (χ1) is 11.7. The van der Waals surface area contributed by atoms with Crippen LogP contribution in [-0.4, -0.2) is 55.2 Å². The van der Waals surface area contributed by atoms with Gasteiger partial charge in [0.15, 0.2) is 0 Å². The molecule has 1 aliphatic rings. The number of amides is 2. The number of nitrogens with two attached hydrogens (primary N) is 1. The van der Waals surface area contributed by atoms with Gasteiger partial charge in [-0.05, 0) is 39.0 Å². The van der Waals surface area contributed by atoms with Gasteiger partial charge in [0.1, 0.15) is 18.0 Å². The number of nitrogen functional groups attached to an aromatic ring is 1. The Kier molecular flexibility index (Phi) is 5.71. The predicted molar refractivity (Wildman–Crippen MR) is 93.8 cm³/mol. The molecule has 2 amide bonds. The topological polar surface area (TPSA) is 87.9 Å². The number of carbonyl (C=O) groups excluding carboxylic acids is 2. The average molecular weight is 352 g/mol. The third-order valence-corrected chi connectivity index (χ3v) is 3.73. The lowest BCUT2D eigenvalue weighted by Gasteiger charge is -2.36. The Morgan fingerprint density at radius 2 is 1.88 bits per heavy atom. The molecule has 0 bridgehead atoms. The number of piperazine rings is 1. The fraction of sp³-hybridized carbons (Fsp3) is 0.529. The van der Waals surface area contributed by atoms with E-state index in [-0.39, 0.29) is 18.3 Å². The van der Waals surface area contributed by atoms with Crippen LogP contribution < -0.4 is 16.0 Å². The SMILES string of the molecule is CC(C)(C)OC(=O)NCC(=O)N1CCN(c2ccc(N)cc2F)CC1. The van der Waals surface area contributed by atoms with Crippen molar-refractivity contribution in [2.24, 2.45) is 0 Å². The van der Waals surface area contributed by atoms with E-state index in [4.69, 9.17) is 10.5 Å². The number of hydrogen-bond donors (Lipinski definition) is 2. The third kappa shape index (κ3) is 5.51. The lowest BCUT2D eigenvalue weighted by atomic mass is 10.2. The molecule has 8 heteroatoms. The second kappa shape index (κ2) is 7.58. The van der Waals surface area contributed by atoms with Crippen LogP contribution in [0.4, 0.5) is 20.6 Å². The van der Waals surface area contributed by atoms with E-state index in [0.717, 1.165) is 0 Å². The molecule has 0 radical (unpaired) electrons. The number of nitrogens with one attached hydrogen (secondary N) is 1. The summed E-state index contributed by atoms with van der Waals surface area (Å²) in [5.74, 6) is -0.561. The van der Waals surface area contributed by atoms with Crippen LogP contribution in [0.3, 0.4) is 0 Å². The van der Waals surface area contributed by atoms with Crippen molar-refractivity contribution >= 4 is 23.4 Å². The molecule has 1 fully saturated rings. The molecule has 0 spiro atoms. The van der Waals surface area contributed by atoms with Crippen molar-refractivity contribution in [1.29, 1.82) is 0 Å². The molecule has 1 aromatic rings. The molecule has 1 heterocycles. The zero-order valence-corrected chi connectivity index (χ0v) is 14.8. The van der Waals surface area contributed by atoms with Gasteiger partial charge in [0.25, 0.3) is 0 Å². The molecular formula is C17H25FN4O3. The molecule has 1 aliphatic heterocycles. The van der Waals surface area contributed by atoms with Gasteiger partial charge in [-0.15, -0.1) is 0 Å². The van der Waals surface area contributed by atoms with E-state index in [1.807, 2.05) is 4.90 Å². The van der Waals surface area contributed by atoms with Gasteiger partial charge in [-0.2, -0.15) is 0 Å². The normalized spacial score (nSPS) is 15.0. The number of rotatable bonds is 3. The van der Waals surface area contributed by atoms with E-state index in [0.29, 0.717) is 37.6 Å². The van der Waals surface area contributed by atoms with Crippen LogP contribution in [-0.2, 0) is 9.53 Å². The number of anilines is 2. The summed E-state index contributed by atoms with van der Waals surface area (Å²) < 4.78 is 19.1. The van der Waals surface area contributed by atoms with E-state index >= 15 is 0 Å². The monoisotopic (exact) mass is 352 g/mol. The molecule has 7 nitrogen and oxygen atoms in total. The van der Waals surface area contributed by atoms with E-state index in [1.54, 1.807) is 37.8 Å². The minimum Gasteiger partial charge on any atom is -0.444 e. The van der Waals surface area contributed by atoms with Gasteiger partial charge in [-0.1, -0.05) is 0 Å². The molecule has 0 aliphatic carbocycles.